The number of hydrogen-bond acceptors (Lipinski definition) is 2. The maximum absolute atomic E-state index is 14.7. The van der Waals surface area contributed by atoms with E-state index in [-0.39, 0.29) is 17.6 Å². The molecule has 0 amide bonds. The summed E-state index contributed by atoms with van der Waals surface area (Å²) in [6, 6.07) is 7.70. The predicted molar refractivity (Wildman–Crippen MR) is 99.3 cm³/mol. The second-order valence-electron chi connectivity index (χ2n) is 7.07. The van der Waals surface area contributed by atoms with Gasteiger partial charge in [0.1, 0.15) is 5.82 Å². The van der Waals surface area contributed by atoms with Gasteiger partial charge in [-0.15, -0.1) is 0 Å². The maximum atomic E-state index is 14.7. The Balaban J connectivity index is 1.80. The van der Waals surface area contributed by atoms with E-state index in [4.69, 9.17) is 9.47 Å². The van der Waals surface area contributed by atoms with Gasteiger partial charge in [0.05, 0.1) is 19.3 Å². The summed E-state index contributed by atoms with van der Waals surface area (Å²) in [5.74, 6) is -2.22. The van der Waals surface area contributed by atoms with Gasteiger partial charge in [-0.25, -0.2) is 13.2 Å². The van der Waals surface area contributed by atoms with Crippen molar-refractivity contribution in [1.82, 2.24) is 0 Å². The first-order valence-corrected chi connectivity index (χ1v) is 9.42. The number of rotatable bonds is 6. The van der Waals surface area contributed by atoms with Gasteiger partial charge in [-0.05, 0) is 42.0 Å². The fourth-order valence-electron chi connectivity index (χ4n) is 3.67. The van der Waals surface area contributed by atoms with Gasteiger partial charge < -0.3 is 9.47 Å². The molecule has 2 nitrogen and oxygen atoms in total. The van der Waals surface area contributed by atoms with Gasteiger partial charge in [0.2, 0.25) is 0 Å². The van der Waals surface area contributed by atoms with E-state index in [2.05, 4.69) is 0 Å². The van der Waals surface area contributed by atoms with Crippen LogP contribution in [0.5, 0.6) is 0 Å². The highest BCUT2D eigenvalue weighted by Crippen LogP contribution is 2.33. The summed E-state index contributed by atoms with van der Waals surface area (Å²) in [6.07, 6.45) is 2.86. The van der Waals surface area contributed by atoms with Crippen molar-refractivity contribution in [2.45, 2.75) is 44.6 Å². The van der Waals surface area contributed by atoms with Crippen molar-refractivity contribution < 1.29 is 22.6 Å². The molecule has 0 saturated carbocycles. The number of hydrogen-bond donors (Lipinski definition) is 0. The lowest BCUT2D eigenvalue weighted by atomic mass is 9.89. The smallest absolute Gasteiger partial charge is 0.166 e. The summed E-state index contributed by atoms with van der Waals surface area (Å²) < 4.78 is 54.2. The second-order valence-corrected chi connectivity index (χ2v) is 7.07. The quantitative estimate of drug-likeness (QED) is 0.648. The average molecular weight is 378 g/mol. The Morgan fingerprint density at radius 2 is 1.89 bits per heavy atom. The molecule has 2 unspecified atom stereocenters. The van der Waals surface area contributed by atoms with Crippen LogP contribution in [0.1, 0.15) is 43.2 Å². The zero-order valence-corrected chi connectivity index (χ0v) is 15.7. The molecular formula is C22H25F3O2. The summed E-state index contributed by atoms with van der Waals surface area (Å²) >= 11 is 0. The topological polar surface area (TPSA) is 18.5 Å². The van der Waals surface area contributed by atoms with Crippen LogP contribution in [0.3, 0.4) is 0 Å². The first kappa shape index (κ1) is 19.9. The summed E-state index contributed by atoms with van der Waals surface area (Å²) in [5, 5.41) is 0. The van der Waals surface area contributed by atoms with Gasteiger partial charge in [-0.1, -0.05) is 37.6 Å². The largest absolute Gasteiger partial charge is 0.382 e. The van der Waals surface area contributed by atoms with Crippen LogP contribution >= 0.6 is 0 Å². The Hall–Kier alpha value is -1.85. The van der Waals surface area contributed by atoms with Gasteiger partial charge in [-0.3, -0.25) is 0 Å². The highest BCUT2D eigenvalue weighted by atomic mass is 19.2. The minimum Gasteiger partial charge on any atom is -0.382 e. The standard InChI is InChI=1S/C22H25F3O2/c1-3-4-14-6-10-19(22(25)21(14)24)15-7-9-18(20(23)11-15)16-5-8-17(13-26-2)27-12-16/h6-7,9-11,16-17H,3-5,8,12-13H2,1-2H3. The Labute approximate surface area is 158 Å². The Bertz CT molecular complexity index is 783. The van der Waals surface area contributed by atoms with Crippen molar-refractivity contribution in [3.8, 4) is 11.1 Å². The molecule has 1 aliphatic rings. The number of halogens is 3. The molecule has 5 heteroatoms. The van der Waals surface area contributed by atoms with Crippen molar-refractivity contribution in [1.29, 1.82) is 0 Å². The highest BCUT2D eigenvalue weighted by molar-refractivity contribution is 5.65. The van der Waals surface area contributed by atoms with E-state index in [0.29, 0.717) is 36.3 Å². The SMILES string of the molecule is CCCc1ccc(-c2ccc(C3CCC(COC)OC3)c(F)c2)c(F)c1F. The van der Waals surface area contributed by atoms with Crippen LogP contribution in [0.2, 0.25) is 0 Å². The summed E-state index contributed by atoms with van der Waals surface area (Å²) in [4.78, 5) is 0. The van der Waals surface area contributed by atoms with Crippen LogP contribution in [-0.2, 0) is 15.9 Å². The van der Waals surface area contributed by atoms with E-state index >= 15 is 0 Å². The molecule has 1 saturated heterocycles. The van der Waals surface area contributed by atoms with Crippen molar-refractivity contribution in [3.05, 3.63) is 58.9 Å². The van der Waals surface area contributed by atoms with Crippen LogP contribution in [0.4, 0.5) is 13.2 Å². The molecule has 1 aliphatic heterocycles. The molecule has 0 spiro atoms. The van der Waals surface area contributed by atoms with Gasteiger partial charge in [-0.2, -0.15) is 0 Å². The van der Waals surface area contributed by atoms with Crippen LogP contribution in [0.25, 0.3) is 11.1 Å². The third-order valence-corrected chi connectivity index (χ3v) is 5.16. The van der Waals surface area contributed by atoms with E-state index in [0.717, 1.165) is 19.3 Å². The Kier molecular flexibility index (Phi) is 6.55. The zero-order chi connectivity index (χ0) is 19.4. The number of ether oxygens (including phenoxy) is 2. The molecule has 27 heavy (non-hydrogen) atoms. The molecule has 1 fully saturated rings. The highest BCUT2D eigenvalue weighted by Gasteiger charge is 2.25. The lowest BCUT2D eigenvalue weighted by molar-refractivity contribution is -0.0380. The van der Waals surface area contributed by atoms with E-state index in [9.17, 15) is 13.2 Å². The average Bonchev–Trinajstić information content (AvgIpc) is 2.67. The van der Waals surface area contributed by atoms with Crippen LogP contribution in [-0.4, -0.2) is 26.4 Å². The molecule has 1 heterocycles. The fraction of sp³-hybridized carbons (Fsp3) is 0.455. The number of methoxy groups -OCH3 is 1. The second kappa shape index (κ2) is 8.89. The molecular weight excluding hydrogens is 353 g/mol. The number of aryl methyl sites for hydroxylation is 1. The van der Waals surface area contributed by atoms with Crippen LogP contribution < -0.4 is 0 Å². The minimum absolute atomic E-state index is 0.0410. The van der Waals surface area contributed by atoms with Crippen molar-refractivity contribution in [2.24, 2.45) is 0 Å². The molecule has 0 aliphatic carbocycles. The molecule has 0 aromatic heterocycles. The normalized spacial score (nSPS) is 20.0. The fourth-order valence-corrected chi connectivity index (χ4v) is 3.67. The van der Waals surface area contributed by atoms with Crippen molar-refractivity contribution >= 4 is 0 Å². The molecule has 2 atom stereocenters. The first-order valence-electron chi connectivity index (χ1n) is 9.42. The predicted octanol–water partition coefficient (Wildman–Crippen LogP) is 5.63. The first-order chi connectivity index (χ1) is 13.0. The van der Waals surface area contributed by atoms with E-state index in [1.807, 2.05) is 6.92 Å². The van der Waals surface area contributed by atoms with E-state index < -0.39 is 17.5 Å². The number of benzene rings is 2. The summed E-state index contributed by atoms with van der Waals surface area (Å²) in [6.45, 7) is 2.87. The van der Waals surface area contributed by atoms with Crippen LogP contribution in [0.15, 0.2) is 30.3 Å². The monoisotopic (exact) mass is 378 g/mol. The lowest BCUT2D eigenvalue weighted by Crippen LogP contribution is -2.28. The third kappa shape index (κ3) is 4.36. The van der Waals surface area contributed by atoms with Crippen molar-refractivity contribution in [3.63, 3.8) is 0 Å². The maximum Gasteiger partial charge on any atom is 0.166 e. The van der Waals surface area contributed by atoms with E-state index in [1.54, 1.807) is 25.3 Å². The molecule has 2 aromatic carbocycles. The Morgan fingerprint density at radius 3 is 2.52 bits per heavy atom. The summed E-state index contributed by atoms with van der Waals surface area (Å²) in [5.41, 5.74) is 1.32. The lowest BCUT2D eigenvalue weighted by Gasteiger charge is -2.29. The van der Waals surface area contributed by atoms with E-state index in [1.165, 1.54) is 12.1 Å². The molecule has 0 N–H and O–H groups in total. The molecule has 3 rings (SSSR count). The van der Waals surface area contributed by atoms with Gasteiger partial charge in [0.15, 0.2) is 11.6 Å². The summed E-state index contributed by atoms with van der Waals surface area (Å²) in [7, 11) is 1.63. The minimum atomic E-state index is -0.920. The Morgan fingerprint density at radius 1 is 1.07 bits per heavy atom. The molecule has 0 radical (unpaired) electrons. The molecule has 0 bridgehead atoms. The van der Waals surface area contributed by atoms with Gasteiger partial charge in [0.25, 0.3) is 0 Å². The van der Waals surface area contributed by atoms with Gasteiger partial charge >= 0.3 is 0 Å². The third-order valence-electron chi connectivity index (χ3n) is 5.16. The molecule has 2 aromatic rings. The van der Waals surface area contributed by atoms with Crippen molar-refractivity contribution in [2.75, 3.05) is 20.3 Å². The van der Waals surface area contributed by atoms with Crippen LogP contribution in [0, 0.1) is 17.5 Å². The molecule has 146 valence electrons. The van der Waals surface area contributed by atoms with Gasteiger partial charge in [0, 0.05) is 18.6 Å². The zero-order valence-electron chi connectivity index (χ0n) is 15.7.